The van der Waals surface area contributed by atoms with Crippen molar-refractivity contribution in [2.75, 3.05) is 11.1 Å². The second-order valence-corrected chi connectivity index (χ2v) is 9.74. The first-order valence-corrected chi connectivity index (χ1v) is 13.0. The highest BCUT2D eigenvalue weighted by Crippen LogP contribution is 2.39. The van der Waals surface area contributed by atoms with Crippen molar-refractivity contribution in [1.29, 1.82) is 0 Å². The molecule has 1 aromatic heterocycles. The molecule has 1 amide bonds. The first-order chi connectivity index (χ1) is 17.9. The van der Waals surface area contributed by atoms with Crippen molar-refractivity contribution in [2.24, 2.45) is 0 Å². The summed E-state index contributed by atoms with van der Waals surface area (Å²) in [5.41, 5.74) is 3.13. The van der Waals surface area contributed by atoms with Crippen molar-refractivity contribution < 1.29 is 28.9 Å². The molecule has 0 aliphatic carbocycles. The van der Waals surface area contributed by atoms with Gasteiger partial charge in [-0.05, 0) is 42.3 Å². The van der Waals surface area contributed by atoms with Crippen LogP contribution in [0.2, 0.25) is 0 Å². The van der Waals surface area contributed by atoms with Crippen molar-refractivity contribution >= 4 is 29.3 Å². The van der Waals surface area contributed by atoms with Gasteiger partial charge in [0.2, 0.25) is 0 Å². The van der Waals surface area contributed by atoms with Crippen LogP contribution in [0.1, 0.15) is 49.4 Å². The summed E-state index contributed by atoms with van der Waals surface area (Å²) in [6.45, 7) is 2.76. The maximum absolute atomic E-state index is 12.4. The Hall–Kier alpha value is -3.24. The molecule has 2 aromatic carbocycles. The summed E-state index contributed by atoms with van der Waals surface area (Å²) in [6.07, 6.45) is 0.517. The Morgan fingerprint density at radius 2 is 1.92 bits per heavy atom. The van der Waals surface area contributed by atoms with E-state index < -0.39 is 24.3 Å². The molecule has 1 aliphatic rings. The first kappa shape index (κ1) is 26.8. The van der Waals surface area contributed by atoms with Crippen LogP contribution in [-0.4, -0.2) is 39.9 Å². The van der Waals surface area contributed by atoms with Crippen molar-refractivity contribution in [2.45, 2.75) is 56.5 Å². The quantitative estimate of drug-likeness (QED) is 0.305. The van der Waals surface area contributed by atoms with Crippen LogP contribution in [0, 0.1) is 0 Å². The molecule has 0 saturated carbocycles. The summed E-state index contributed by atoms with van der Waals surface area (Å²) in [7, 11) is 0. The van der Waals surface area contributed by atoms with Gasteiger partial charge in [-0.3, -0.25) is 9.59 Å². The van der Waals surface area contributed by atoms with Crippen molar-refractivity contribution in [1.82, 2.24) is 4.98 Å². The zero-order valence-electron chi connectivity index (χ0n) is 20.7. The Morgan fingerprint density at radius 1 is 1.11 bits per heavy atom. The minimum atomic E-state index is -0.914. The molecule has 37 heavy (non-hydrogen) atoms. The second kappa shape index (κ2) is 12.8. The van der Waals surface area contributed by atoms with Crippen LogP contribution in [0.4, 0.5) is 5.69 Å². The van der Waals surface area contributed by atoms with Gasteiger partial charge in [-0.1, -0.05) is 42.5 Å². The predicted molar refractivity (Wildman–Crippen MR) is 140 cm³/mol. The number of aliphatic hydroxyl groups is 1. The van der Waals surface area contributed by atoms with Gasteiger partial charge in [0, 0.05) is 36.5 Å². The number of carbonyl (C=O) groups excluding carboxylic acids is 2. The number of ether oxygens (including phenoxy) is 3. The maximum atomic E-state index is 12.4. The number of carbonyl (C=O) groups is 2. The fourth-order valence-corrected chi connectivity index (χ4v) is 4.82. The number of anilines is 1. The minimum Gasteiger partial charge on any atom is -0.453 e. The number of amides is 1. The van der Waals surface area contributed by atoms with E-state index in [0.717, 1.165) is 21.7 Å². The third kappa shape index (κ3) is 7.62. The molecule has 2 heterocycles. The van der Waals surface area contributed by atoms with Gasteiger partial charge in [-0.15, -0.1) is 11.8 Å². The maximum Gasteiger partial charge on any atom is 0.303 e. The van der Waals surface area contributed by atoms with E-state index in [1.54, 1.807) is 30.1 Å². The summed E-state index contributed by atoms with van der Waals surface area (Å²) in [6, 6.07) is 20.8. The number of nitrogens with one attached hydrogen (secondary N) is 1. The molecule has 194 valence electrons. The van der Waals surface area contributed by atoms with Gasteiger partial charge in [0.1, 0.15) is 0 Å². The molecule has 0 spiro atoms. The molecule has 4 rings (SSSR count). The van der Waals surface area contributed by atoms with Crippen molar-refractivity contribution in [3.63, 3.8) is 0 Å². The van der Waals surface area contributed by atoms with Crippen LogP contribution in [0.5, 0.6) is 0 Å². The molecule has 3 aromatic rings. The van der Waals surface area contributed by atoms with E-state index in [0.29, 0.717) is 17.9 Å². The van der Waals surface area contributed by atoms with Crippen LogP contribution in [0.3, 0.4) is 0 Å². The lowest BCUT2D eigenvalue weighted by Gasteiger charge is -2.36. The fourth-order valence-electron chi connectivity index (χ4n) is 3.94. The van der Waals surface area contributed by atoms with Crippen LogP contribution in [0.25, 0.3) is 0 Å². The smallest absolute Gasteiger partial charge is 0.303 e. The molecule has 4 atom stereocenters. The predicted octanol–water partition coefficient (Wildman–Crippen LogP) is 4.80. The van der Waals surface area contributed by atoms with Gasteiger partial charge in [-0.25, -0.2) is 4.98 Å². The van der Waals surface area contributed by atoms with Gasteiger partial charge in [0.05, 0.1) is 23.8 Å². The standard InChI is InChI=1S/C28H30N2O6S/c1-18(34-19(2)32)27(33)30-23-7-5-6-22(14-23)28-35-24(17-37-26-8-3-4-13-29-26)15-25(36-28)21-11-9-20(16-31)10-12-21/h3-14,18,24-25,28,31H,15-17H2,1-2H3,(H,30,33)/t18-,24+,25-,28-/m0/s1. The number of aromatic nitrogens is 1. The Balaban J connectivity index is 1.51. The largest absolute Gasteiger partial charge is 0.453 e. The SMILES string of the molecule is CC(=O)O[C@@H](C)C(=O)Nc1cccc([C@H]2O[C@@H](CSc3ccccn3)C[C@@H](c3ccc(CO)cc3)O2)c1. The molecule has 1 fully saturated rings. The average Bonchev–Trinajstić information content (AvgIpc) is 2.92. The molecule has 0 unspecified atom stereocenters. The van der Waals surface area contributed by atoms with E-state index in [9.17, 15) is 14.7 Å². The Labute approximate surface area is 220 Å². The molecule has 1 aliphatic heterocycles. The molecule has 9 heteroatoms. The Bertz CT molecular complexity index is 1190. The summed E-state index contributed by atoms with van der Waals surface area (Å²) >= 11 is 1.62. The number of rotatable bonds is 9. The molecule has 0 radical (unpaired) electrons. The number of pyridine rings is 1. The van der Waals surface area contributed by atoms with Crippen LogP contribution in [0.15, 0.2) is 78.0 Å². The van der Waals surface area contributed by atoms with Crippen LogP contribution in [-0.2, 0) is 30.4 Å². The van der Waals surface area contributed by atoms with Gasteiger partial charge in [0.15, 0.2) is 12.4 Å². The molecule has 2 N–H and O–H groups in total. The van der Waals surface area contributed by atoms with E-state index in [1.165, 1.54) is 13.8 Å². The lowest BCUT2D eigenvalue weighted by Crippen LogP contribution is -2.31. The summed E-state index contributed by atoms with van der Waals surface area (Å²) < 4.78 is 17.7. The van der Waals surface area contributed by atoms with E-state index >= 15 is 0 Å². The normalized spacial score (nSPS) is 20.1. The van der Waals surface area contributed by atoms with E-state index in [2.05, 4.69) is 10.3 Å². The van der Waals surface area contributed by atoms with E-state index in [4.69, 9.17) is 14.2 Å². The topological polar surface area (TPSA) is 107 Å². The number of thioether (sulfide) groups is 1. The number of aliphatic hydroxyl groups excluding tert-OH is 1. The third-order valence-corrected chi connectivity index (χ3v) is 6.88. The fraction of sp³-hybridized carbons (Fsp3) is 0.321. The lowest BCUT2D eigenvalue weighted by atomic mass is 10.0. The Morgan fingerprint density at radius 3 is 2.62 bits per heavy atom. The van der Waals surface area contributed by atoms with Crippen molar-refractivity contribution in [3.05, 3.63) is 89.6 Å². The Kier molecular flexibility index (Phi) is 9.29. The highest BCUT2D eigenvalue weighted by Gasteiger charge is 2.32. The van der Waals surface area contributed by atoms with E-state index in [1.807, 2.05) is 54.6 Å². The zero-order valence-corrected chi connectivity index (χ0v) is 21.5. The number of hydrogen-bond acceptors (Lipinski definition) is 8. The number of benzene rings is 2. The number of hydrogen-bond donors (Lipinski definition) is 2. The third-order valence-electron chi connectivity index (χ3n) is 5.81. The summed E-state index contributed by atoms with van der Waals surface area (Å²) in [5.74, 6) is -0.254. The zero-order chi connectivity index (χ0) is 26.2. The monoisotopic (exact) mass is 522 g/mol. The molecule has 1 saturated heterocycles. The van der Waals surface area contributed by atoms with Gasteiger partial charge < -0.3 is 24.6 Å². The minimum absolute atomic E-state index is 0.0184. The van der Waals surface area contributed by atoms with Crippen LogP contribution >= 0.6 is 11.8 Å². The van der Waals surface area contributed by atoms with Crippen LogP contribution < -0.4 is 5.32 Å². The van der Waals surface area contributed by atoms with Gasteiger partial charge in [0.25, 0.3) is 5.91 Å². The average molecular weight is 523 g/mol. The highest BCUT2D eigenvalue weighted by atomic mass is 32.2. The van der Waals surface area contributed by atoms with Gasteiger partial charge >= 0.3 is 5.97 Å². The first-order valence-electron chi connectivity index (χ1n) is 12.0. The summed E-state index contributed by atoms with van der Waals surface area (Å²) in [5, 5.41) is 13.1. The van der Waals surface area contributed by atoms with E-state index in [-0.39, 0.29) is 18.8 Å². The molecular formula is C28H30N2O6S. The molecular weight excluding hydrogens is 492 g/mol. The lowest BCUT2D eigenvalue weighted by molar-refractivity contribution is -0.245. The second-order valence-electron chi connectivity index (χ2n) is 8.70. The molecule has 0 bridgehead atoms. The highest BCUT2D eigenvalue weighted by molar-refractivity contribution is 7.99. The van der Waals surface area contributed by atoms with Gasteiger partial charge in [-0.2, -0.15) is 0 Å². The number of esters is 1. The number of nitrogens with zero attached hydrogens (tertiary/aromatic N) is 1. The molecule has 8 nitrogen and oxygen atoms in total. The van der Waals surface area contributed by atoms with Crippen molar-refractivity contribution in [3.8, 4) is 0 Å². The summed E-state index contributed by atoms with van der Waals surface area (Å²) in [4.78, 5) is 28.0.